The molecule has 0 unspecified atom stereocenters. The second kappa shape index (κ2) is 8.21. The normalized spacial score (nSPS) is 10.8. The lowest BCUT2D eigenvalue weighted by molar-refractivity contribution is -0.115. The lowest BCUT2D eigenvalue weighted by Crippen LogP contribution is -2.14. The van der Waals surface area contributed by atoms with Crippen LogP contribution in [-0.4, -0.2) is 5.91 Å². The van der Waals surface area contributed by atoms with E-state index < -0.39 is 0 Å². The Hall–Kier alpha value is -3.27. The van der Waals surface area contributed by atoms with Crippen LogP contribution in [0.1, 0.15) is 16.7 Å². The van der Waals surface area contributed by atoms with E-state index in [-0.39, 0.29) is 5.91 Å². The van der Waals surface area contributed by atoms with E-state index in [1.54, 1.807) is 0 Å². The molecule has 0 heterocycles. The number of anilines is 1. The van der Waals surface area contributed by atoms with Crippen molar-refractivity contribution in [2.45, 2.75) is 20.3 Å². The highest BCUT2D eigenvalue weighted by molar-refractivity contribution is 5.92. The summed E-state index contributed by atoms with van der Waals surface area (Å²) in [6.45, 7) is 4.12. The summed E-state index contributed by atoms with van der Waals surface area (Å²) < 4.78 is 0. The van der Waals surface area contributed by atoms with E-state index in [0.29, 0.717) is 6.42 Å². The zero-order valence-electron chi connectivity index (χ0n) is 14.9. The molecule has 0 fully saturated rings. The van der Waals surface area contributed by atoms with Crippen molar-refractivity contribution < 1.29 is 4.79 Å². The number of hydrogen-bond donors (Lipinski definition) is 1. The van der Waals surface area contributed by atoms with Crippen LogP contribution in [0.25, 0.3) is 0 Å². The molecular formula is C22H21N3O. The fraction of sp³-hybridized carbons (Fsp3) is 0.136. The van der Waals surface area contributed by atoms with Gasteiger partial charge >= 0.3 is 0 Å². The zero-order valence-corrected chi connectivity index (χ0v) is 14.9. The molecule has 130 valence electrons. The number of nitrogens with one attached hydrogen (secondary N) is 1. The first kappa shape index (κ1) is 17.5. The van der Waals surface area contributed by atoms with Gasteiger partial charge in [0.15, 0.2) is 0 Å². The molecule has 3 aromatic rings. The van der Waals surface area contributed by atoms with Crippen LogP contribution in [0, 0.1) is 13.8 Å². The molecule has 26 heavy (non-hydrogen) atoms. The lowest BCUT2D eigenvalue weighted by Gasteiger charge is -2.07. The first-order valence-electron chi connectivity index (χ1n) is 8.53. The molecule has 3 aromatic carbocycles. The first-order valence-corrected chi connectivity index (χ1v) is 8.53. The number of amides is 1. The largest absolute Gasteiger partial charge is 0.326 e. The fourth-order valence-electron chi connectivity index (χ4n) is 2.53. The van der Waals surface area contributed by atoms with Crippen molar-refractivity contribution in [1.29, 1.82) is 0 Å². The summed E-state index contributed by atoms with van der Waals surface area (Å²) in [5.74, 6) is -0.0353. The molecule has 0 saturated carbocycles. The lowest BCUT2D eigenvalue weighted by atomic mass is 10.0. The van der Waals surface area contributed by atoms with Gasteiger partial charge in [0.2, 0.25) is 5.91 Å². The van der Waals surface area contributed by atoms with Crippen molar-refractivity contribution in [2.24, 2.45) is 10.2 Å². The van der Waals surface area contributed by atoms with E-state index in [1.165, 1.54) is 11.1 Å². The van der Waals surface area contributed by atoms with Crippen molar-refractivity contribution in [1.82, 2.24) is 0 Å². The number of rotatable bonds is 5. The second-order valence-corrected chi connectivity index (χ2v) is 6.23. The van der Waals surface area contributed by atoms with Gasteiger partial charge in [-0.05, 0) is 66.9 Å². The van der Waals surface area contributed by atoms with Crippen LogP contribution >= 0.6 is 0 Å². The van der Waals surface area contributed by atoms with Gasteiger partial charge in [0.05, 0.1) is 17.8 Å². The molecule has 0 aliphatic heterocycles. The van der Waals surface area contributed by atoms with Gasteiger partial charge in [0, 0.05) is 5.69 Å². The summed E-state index contributed by atoms with van der Waals surface area (Å²) in [5.41, 5.74) is 5.73. The van der Waals surface area contributed by atoms with Crippen LogP contribution in [-0.2, 0) is 11.2 Å². The van der Waals surface area contributed by atoms with Crippen LogP contribution < -0.4 is 5.32 Å². The van der Waals surface area contributed by atoms with Crippen molar-refractivity contribution in [3.05, 3.63) is 89.5 Å². The average molecular weight is 343 g/mol. The maximum Gasteiger partial charge on any atom is 0.228 e. The Morgan fingerprint density at radius 1 is 0.808 bits per heavy atom. The number of carbonyl (C=O) groups excluding carboxylic acids is 1. The molecular weight excluding hydrogens is 322 g/mol. The molecule has 0 aliphatic carbocycles. The predicted molar refractivity (Wildman–Crippen MR) is 105 cm³/mol. The maximum absolute atomic E-state index is 12.2. The highest BCUT2D eigenvalue weighted by Gasteiger charge is 2.05. The number of benzene rings is 3. The monoisotopic (exact) mass is 343 g/mol. The minimum atomic E-state index is -0.0353. The van der Waals surface area contributed by atoms with Gasteiger partial charge < -0.3 is 5.32 Å². The quantitative estimate of drug-likeness (QED) is 0.576. The van der Waals surface area contributed by atoms with Crippen molar-refractivity contribution in [2.75, 3.05) is 5.32 Å². The number of hydrogen-bond acceptors (Lipinski definition) is 3. The van der Waals surface area contributed by atoms with Gasteiger partial charge in [-0.2, -0.15) is 10.2 Å². The molecule has 4 nitrogen and oxygen atoms in total. The number of aryl methyl sites for hydroxylation is 2. The van der Waals surface area contributed by atoms with E-state index in [2.05, 4.69) is 35.5 Å². The van der Waals surface area contributed by atoms with E-state index >= 15 is 0 Å². The highest BCUT2D eigenvalue weighted by Crippen LogP contribution is 2.20. The van der Waals surface area contributed by atoms with Gasteiger partial charge in [0.1, 0.15) is 0 Å². The highest BCUT2D eigenvalue weighted by atomic mass is 16.1. The minimum Gasteiger partial charge on any atom is -0.326 e. The van der Waals surface area contributed by atoms with Crippen LogP contribution in [0.4, 0.5) is 17.1 Å². The standard InChI is InChI=1S/C22H21N3O/c1-16-8-9-18(14-17(16)2)15-22(26)23-19-10-12-21(13-11-19)25-24-20-6-4-3-5-7-20/h3-14H,15H2,1-2H3,(H,23,26). The third-order valence-corrected chi connectivity index (χ3v) is 4.12. The summed E-state index contributed by atoms with van der Waals surface area (Å²) in [7, 11) is 0. The number of nitrogens with zero attached hydrogens (tertiary/aromatic N) is 2. The van der Waals surface area contributed by atoms with E-state index in [0.717, 1.165) is 22.6 Å². The first-order chi connectivity index (χ1) is 12.6. The molecule has 0 radical (unpaired) electrons. The van der Waals surface area contributed by atoms with Gasteiger partial charge in [-0.15, -0.1) is 0 Å². The minimum absolute atomic E-state index is 0.0353. The van der Waals surface area contributed by atoms with Crippen molar-refractivity contribution >= 4 is 23.0 Å². The molecule has 0 aliphatic rings. The smallest absolute Gasteiger partial charge is 0.228 e. The van der Waals surface area contributed by atoms with Crippen LogP contribution in [0.3, 0.4) is 0 Å². The van der Waals surface area contributed by atoms with Crippen LogP contribution in [0.15, 0.2) is 83.0 Å². The SMILES string of the molecule is Cc1ccc(CC(=O)Nc2ccc(N=Nc3ccccc3)cc2)cc1C. The Labute approximate surface area is 153 Å². The summed E-state index contributed by atoms with van der Waals surface area (Å²) in [6, 6.07) is 23.0. The van der Waals surface area contributed by atoms with Crippen LogP contribution in [0.2, 0.25) is 0 Å². The number of carbonyl (C=O) groups is 1. The summed E-state index contributed by atoms with van der Waals surface area (Å²) in [4.78, 5) is 12.2. The summed E-state index contributed by atoms with van der Waals surface area (Å²) in [5, 5.41) is 11.3. The Morgan fingerprint density at radius 3 is 2.12 bits per heavy atom. The zero-order chi connectivity index (χ0) is 18.4. The second-order valence-electron chi connectivity index (χ2n) is 6.23. The summed E-state index contributed by atoms with van der Waals surface area (Å²) in [6.07, 6.45) is 0.358. The Kier molecular flexibility index (Phi) is 5.54. The summed E-state index contributed by atoms with van der Waals surface area (Å²) >= 11 is 0. The van der Waals surface area contributed by atoms with Crippen molar-refractivity contribution in [3.63, 3.8) is 0 Å². The van der Waals surface area contributed by atoms with E-state index in [9.17, 15) is 4.79 Å². The molecule has 4 heteroatoms. The molecule has 1 amide bonds. The molecule has 0 bridgehead atoms. The maximum atomic E-state index is 12.2. The predicted octanol–water partition coefficient (Wildman–Crippen LogP) is 5.90. The van der Waals surface area contributed by atoms with Gasteiger partial charge in [-0.25, -0.2) is 0 Å². The van der Waals surface area contributed by atoms with Crippen LogP contribution in [0.5, 0.6) is 0 Å². The molecule has 0 atom stereocenters. The molecule has 0 spiro atoms. The number of azo groups is 1. The fourth-order valence-corrected chi connectivity index (χ4v) is 2.53. The molecule has 0 aromatic heterocycles. The topological polar surface area (TPSA) is 53.8 Å². The Morgan fingerprint density at radius 2 is 1.46 bits per heavy atom. The van der Waals surface area contributed by atoms with Gasteiger partial charge in [0.25, 0.3) is 0 Å². The van der Waals surface area contributed by atoms with E-state index in [1.807, 2.05) is 66.7 Å². The van der Waals surface area contributed by atoms with E-state index in [4.69, 9.17) is 0 Å². The molecule has 1 N–H and O–H groups in total. The Balaban J connectivity index is 1.59. The Bertz CT molecular complexity index is 916. The van der Waals surface area contributed by atoms with Crippen molar-refractivity contribution in [3.8, 4) is 0 Å². The average Bonchev–Trinajstić information content (AvgIpc) is 2.65. The molecule has 0 saturated heterocycles. The third kappa shape index (κ3) is 4.86. The molecule has 3 rings (SSSR count). The van der Waals surface area contributed by atoms with Gasteiger partial charge in [-0.1, -0.05) is 36.4 Å². The van der Waals surface area contributed by atoms with Gasteiger partial charge in [-0.3, -0.25) is 4.79 Å². The third-order valence-electron chi connectivity index (χ3n) is 4.12.